The zero-order valence-corrected chi connectivity index (χ0v) is 7.42. The molecular weight excluding hydrogens is 178 g/mol. The van der Waals surface area contributed by atoms with Gasteiger partial charge in [-0.1, -0.05) is 0 Å². The molecule has 0 amide bonds. The third kappa shape index (κ3) is 1.50. The van der Waals surface area contributed by atoms with Crippen molar-refractivity contribution >= 4 is 12.0 Å². The molecule has 2 rings (SSSR count). The van der Waals surface area contributed by atoms with Crippen molar-refractivity contribution in [3.8, 4) is 5.69 Å². The number of aldehydes is 1. The van der Waals surface area contributed by atoms with Crippen molar-refractivity contribution in [1.29, 1.82) is 0 Å². The van der Waals surface area contributed by atoms with Gasteiger partial charge in [-0.05, 0) is 24.3 Å². The number of hydrogen-bond acceptors (Lipinski definition) is 3. The summed E-state index contributed by atoms with van der Waals surface area (Å²) in [6.45, 7) is 0. The topological polar surface area (TPSA) is 60.9 Å². The van der Waals surface area contributed by atoms with Crippen molar-refractivity contribution in [3.05, 3.63) is 42.2 Å². The van der Waals surface area contributed by atoms with E-state index in [0.717, 1.165) is 12.0 Å². The van der Waals surface area contributed by atoms with Gasteiger partial charge < -0.3 is 5.73 Å². The summed E-state index contributed by atoms with van der Waals surface area (Å²) in [6, 6.07) is 7.10. The molecule has 1 aromatic heterocycles. The molecule has 0 radical (unpaired) electrons. The lowest BCUT2D eigenvalue weighted by molar-refractivity contribution is 0.112. The van der Waals surface area contributed by atoms with Gasteiger partial charge in [0.15, 0.2) is 0 Å². The molecule has 0 atom stereocenters. The molecular formula is C10H9N3O. The Morgan fingerprint density at radius 2 is 2.00 bits per heavy atom. The Kier molecular flexibility index (Phi) is 2.02. The normalized spacial score (nSPS) is 10.0. The minimum Gasteiger partial charge on any atom is -0.396 e. The number of carbonyl (C=O) groups excluding carboxylic acids is 1. The predicted octanol–water partition coefficient (Wildman–Crippen LogP) is 1.27. The zero-order valence-electron chi connectivity index (χ0n) is 7.42. The van der Waals surface area contributed by atoms with E-state index in [1.54, 1.807) is 29.2 Å². The maximum absolute atomic E-state index is 10.4. The van der Waals surface area contributed by atoms with Crippen LogP contribution in [0.25, 0.3) is 5.69 Å². The van der Waals surface area contributed by atoms with Crippen LogP contribution in [0.15, 0.2) is 36.7 Å². The van der Waals surface area contributed by atoms with E-state index in [1.807, 2.05) is 12.1 Å². The van der Waals surface area contributed by atoms with Crippen LogP contribution < -0.4 is 5.73 Å². The number of aromatic nitrogens is 2. The lowest BCUT2D eigenvalue weighted by Gasteiger charge is -1.99. The lowest BCUT2D eigenvalue weighted by Crippen LogP contribution is -1.94. The second-order valence-corrected chi connectivity index (χ2v) is 2.93. The highest BCUT2D eigenvalue weighted by Gasteiger charge is 1.97. The molecule has 4 nitrogen and oxygen atoms in total. The van der Waals surface area contributed by atoms with E-state index < -0.39 is 0 Å². The van der Waals surface area contributed by atoms with Gasteiger partial charge >= 0.3 is 0 Å². The molecule has 1 heterocycles. The van der Waals surface area contributed by atoms with E-state index in [-0.39, 0.29) is 0 Å². The van der Waals surface area contributed by atoms with Crippen molar-refractivity contribution in [2.24, 2.45) is 0 Å². The van der Waals surface area contributed by atoms with Crippen molar-refractivity contribution in [1.82, 2.24) is 9.78 Å². The molecule has 70 valence electrons. The standard InChI is InChI=1S/C10H9N3O/c11-9-5-12-13(6-9)10-3-1-8(7-14)2-4-10/h1-7H,11H2. The molecule has 0 saturated carbocycles. The maximum atomic E-state index is 10.4. The highest BCUT2D eigenvalue weighted by Crippen LogP contribution is 2.09. The molecule has 0 aliphatic heterocycles. The summed E-state index contributed by atoms with van der Waals surface area (Å²) in [6.07, 6.45) is 4.10. The van der Waals surface area contributed by atoms with Crippen LogP contribution in [0.3, 0.4) is 0 Å². The number of nitrogens with zero attached hydrogens (tertiary/aromatic N) is 2. The summed E-state index contributed by atoms with van der Waals surface area (Å²) >= 11 is 0. The molecule has 0 aliphatic rings. The van der Waals surface area contributed by atoms with E-state index in [1.165, 1.54) is 0 Å². The summed E-state index contributed by atoms with van der Waals surface area (Å²) in [7, 11) is 0. The first-order valence-electron chi connectivity index (χ1n) is 4.15. The fourth-order valence-electron chi connectivity index (χ4n) is 1.18. The maximum Gasteiger partial charge on any atom is 0.150 e. The van der Waals surface area contributed by atoms with Crippen LogP contribution in [0.4, 0.5) is 5.69 Å². The molecule has 0 unspecified atom stereocenters. The van der Waals surface area contributed by atoms with Crippen molar-refractivity contribution < 1.29 is 4.79 Å². The third-order valence-electron chi connectivity index (χ3n) is 1.90. The first kappa shape index (κ1) is 8.50. The van der Waals surface area contributed by atoms with E-state index in [2.05, 4.69) is 5.10 Å². The van der Waals surface area contributed by atoms with Crippen molar-refractivity contribution in [2.45, 2.75) is 0 Å². The van der Waals surface area contributed by atoms with Crippen molar-refractivity contribution in [3.63, 3.8) is 0 Å². The largest absolute Gasteiger partial charge is 0.396 e. The summed E-state index contributed by atoms with van der Waals surface area (Å²) in [5.41, 5.74) is 7.68. The fraction of sp³-hybridized carbons (Fsp3) is 0. The van der Waals surface area contributed by atoms with E-state index in [4.69, 9.17) is 5.73 Å². The minimum absolute atomic E-state index is 0.615. The summed E-state index contributed by atoms with van der Waals surface area (Å²) < 4.78 is 1.66. The number of rotatable bonds is 2. The molecule has 0 saturated heterocycles. The van der Waals surface area contributed by atoms with Gasteiger partial charge in [-0.2, -0.15) is 5.10 Å². The Morgan fingerprint density at radius 3 is 2.50 bits per heavy atom. The quantitative estimate of drug-likeness (QED) is 0.720. The Hall–Kier alpha value is -2.10. The highest BCUT2D eigenvalue weighted by molar-refractivity contribution is 5.75. The average molecular weight is 187 g/mol. The van der Waals surface area contributed by atoms with Crippen LogP contribution in [0, 0.1) is 0 Å². The SMILES string of the molecule is Nc1cnn(-c2ccc(C=O)cc2)c1. The van der Waals surface area contributed by atoms with Crippen LogP contribution in [-0.4, -0.2) is 16.1 Å². The molecule has 2 aromatic rings. The van der Waals surface area contributed by atoms with Crippen LogP contribution in [0.1, 0.15) is 10.4 Å². The van der Waals surface area contributed by atoms with Crippen LogP contribution in [-0.2, 0) is 0 Å². The number of hydrogen-bond donors (Lipinski definition) is 1. The van der Waals surface area contributed by atoms with Crippen LogP contribution in [0.2, 0.25) is 0 Å². The van der Waals surface area contributed by atoms with Crippen molar-refractivity contribution in [2.75, 3.05) is 5.73 Å². The molecule has 14 heavy (non-hydrogen) atoms. The first-order valence-corrected chi connectivity index (χ1v) is 4.15. The number of nitrogen functional groups attached to an aromatic ring is 1. The summed E-state index contributed by atoms with van der Waals surface area (Å²) in [4.78, 5) is 10.4. The fourth-order valence-corrected chi connectivity index (χ4v) is 1.18. The molecule has 0 spiro atoms. The van der Waals surface area contributed by atoms with Gasteiger partial charge in [0.25, 0.3) is 0 Å². The first-order chi connectivity index (χ1) is 6.79. The minimum atomic E-state index is 0.615. The van der Waals surface area contributed by atoms with Crippen LogP contribution >= 0.6 is 0 Å². The Bertz CT molecular complexity index is 445. The molecule has 0 bridgehead atoms. The Labute approximate surface area is 81.0 Å². The lowest BCUT2D eigenvalue weighted by atomic mass is 10.2. The predicted molar refractivity (Wildman–Crippen MR) is 53.4 cm³/mol. The van der Waals surface area contributed by atoms with E-state index in [9.17, 15) is 4.79 Å². The highest BCUT2D eigenvalue weighted by atomic mass is 16.1. The van der Waals surface area contributed by atoms with Gasteiger partial charge in [0.05, 0.1) is 23.8 Å². The Morgan fingerprint density at radius 1 is 1.29 bits per heavy atom. The zero-order chi connectivity index (χ0) is 9.97. The number of anilines is 1. The van der Waals surface area contributed by atoms with Gasteiger partial charge in [-0.15, -0.1) is 0 Å². The molecule has 0 fully saturated rings. The Balaban J connectivity index is 2.38. The monoisotopic (exact) mass is 187 g/mol. The van der Waals surface area contributed by atoms with E-state index >= 15 is 0 Å². The van der Waals surface area contributed by atoms with E-state index in [0.29, 0.717) is 11.3 Å². The summed E-state index contributed by atoms with van der Waals surface area (Å²) in [5, 5.41) is 4.04. The van der Waals surface area contributed by atoms with Crippen LogP contribution in [0.5, 0.6) is 0 Å². The average Bonchev–Trinajstić information content (AvgIpc) is 2.65. The van der Waals surface area contributed by atoms with Gasteiger partial charge in [0.1, 0.15) is 6.29 Å². The summed E-state index contributed by atoms with van der Waals surface area (Å²) in [5.74, 6) is 0. The molecule has 2 N–H and O–H groups in total. The molecule has 4 heteroatoms. The van der Waals surface area contributed by atoms with Gasteiger partial charge in [0, 0.05) is 5.56 Å². The van der Waals surface area contributed by atoms with Gasteiger partial charge in [-0.3, -0.25) is 4.79 Å². The third-order valence-corrected chi connectivity index (χ3v) is 1.90. The van der Waals surface area contributed by atoms with Gasteiger partial charge in [-0.25, -0.2) is 4.68 Å². The molecule has 0 aliphatic carbocycles. The second kappa shape index (κ2) is 3.33. The van der Waals surface area contributed by atoms with Gasteiger partial charge in [0.2, 0.25) is 0 Å². The second-order valence-electron chi connectivity index (χ2n) is 2.93. The molecule has 1 aromatic carbocycles. The number of carbonyl (C=O) groups is 1. The number of benzene rings is 1. The number of nitrogens with two attached hydrogens (primary N) is 1. The smallest absolute Gasteiger partial charge is 0.150 e.